The fraction of sp³-hybridized carbons (Fsp3) is 0.250. The molecule has 0 spiro atoms. The molecule has 0 saturated carbocycles. The number of rotatable bonds is 2. The van der Waals surface area contributed by atoms with E-state index in [0.29, 0.717) is 18.0 Å². The van der Waals surface area contributed by atoms with Gasteiger partial charge in [0.05, 0.1) is 29.4 Å². The third-order valence-corrected chi connectivity index (χ3v) is 3.88. The summed E-state index contributed by atoms with van der Waals surface area (Å²) in [6.07, 6.45) is 0.322. The third-order valence-electron chi connectivity index (χ3n) is 3.56. The molecule has 1 fully saturated rings. The van der Waals surface area contributed by atoms with Crippen molar-refractivity contribution >= 4 is 17.3 Å². The topological polar surface area (TPSA) is 35.5 Å². The standard InChI is InChI=1S/C16H17ClN2O/c17-14-8-4-5-9-16(14)19-11-13(20)10-15(18-19)12-6-2-1-3-7-12/h1-9,13,15,18,20H,10-11H2. The molecule has 3 nitrogen and oxygen atoms in total. The number of nitrogens with one attached hydrogen (secondary N) is 1. The highest BCUT2D eigenvalue weighted by Gasteiger charge is 2.27. The SMILES string of the molecule is OC1CC(c2ccccc2)NN(c2ccccc2Cl)C1. The van der Waals surface area contributed by atoms with E-state index in [9.17, 15) is 5.11 Å². The first-order valence-electron chi connectivity index (χ1n) is 6.75. The van der Waals surface area contributed by atoms with Gasteiger partial charge in [0.2, 0.25) is 0 Å². The fourth-order valence-corrected chi connectivity index (χ4v) is 2.82. The van der Waals surface area contributed by atoms with Crippen LogP contribution in [0.1, 0.15) is 18.0 Å². The number of benzene rings is 2. The minimum atomic E-state index is -0.377. The van der Waals surface area contributed by atoms with E-state index < -0.39 is 0 Å². The lowest BCUT2D eigenvalue weighted by molar-refractivity contribution is 0.126. The van der Waals surface area contributed by atoms with E-state index in [0.717, 1.165) is 5.69 Å². The van der Waals surface area contributed by atoms with E-state index in [2.05, 4.69) is 17.6 Å². The molecule has 0 radical (unpaired) electrons. The first-order valence-corrected chi connectivity index (χ1v) is 7.13. The zero-order chi connectivity index (χ0) is 13.9. The van der Waals surface area contributed by atoms with E-state index in [1.54, 1.807) is 0 Å². The lowest BCUT2D eigenvalue weighted by Gasteiger charge is -2.38. The first-order chi connectivity index (χ1) is 9.74. The summed E-state index contributed by atoms with van der Waals surface area (Å²) in [5, 5.41) is 12.8. The van der Waals surface area contributed by atoms with Crippen LogP contribution in [0.4, 0.5) is 5.69 Å². The molecule has 4 heteroatoms. The van der Waals surface area contributed by atoms with Crippen LogP contribution in [0.15, 0.2) is 54.6 Å². The summed E-state index contributed by atoms with van der Waals surface area (Å²) in [7, 11) is 0. The maximum absolute atomic E-state index is 10.1. The number of anilines is 1. The molecule has 20 heavy (non-hydrogen) atoms. The van der Waals surface area contributed by atoms with Crippen molar-refractivity contribution in [1.29, 1.82) is 0 Å². The van der Waals surface area contributed by atoms with Crippen molar-refractivity contribution in [2.45, 2.75) is 18.6 Å². The zero-order valence-corrected chi connectivity index (χ0v) is 11.8. The average molecular weight is 289 g/mol. The molecule has 0 aliphatic carbocycles. The Labute approximate surface area is 123 Å². The number of para-hydroxylation sites is 1. The van der Waals surface area contributed by atoms with Crippen LogP contribution in [-0.4, -0.2) is 17.8 Å². The molecule has 2 aromatic rings. The lowest BCUT2D eigenvalue weighted by atomic mass is 9.99. The number of hydrogen-bond acceptors (Lipinski definition) is 3. The molecule has 2 atom stereocenters. The zero-order valence-electron chi connectivity index (χ0n) is 11.0. The van der Waals surface area contributed by atoms with Crippen LogP contribution >= 0.6 is 11.6 Å². The largest absolute Gasteiger partial charge is 0.391 e. The third kappa shape index (κ3) is 2.80. The average Bonchev–Trinajstić information content (AvgIpc) is 2.48. The number of nitrogens with zero attached hydrogens (tertiary/aromatic N) is 1. The number of aliphatic hydroxyl groups is 1. The van der Waals surface area contributed by atoms with Gasteiger partial charge in [-0.05, 0) is 24.1 Å². The van der Waals surface area contributed by atoms with E-state index in [-0.39, 0.29) is 12.1 Å². The Kier molecular flexibility index (Phi) is 3.92. The lowest BCUT2D eigenvalue weighted by Crippen LogP contribution is -2.51. The summed E-state index contributed by atoms with van der Waals surface area (Å²) < 4.78 is 0. The van der Waals surface area contributed by atoms with Crippen LogP contribution in [0.2, 0.25) is 5.02 Å². The highest BCUT2D eigenvalue weighted by molar-refractivity contribution is 6.33. The molecule has 2 unspecified atom stereocenters. The molecule has 1 aliphatic heterocycles. The van der Waals surface area contributed by atoms with Gasteiger partial charge in [-0.1, -0.05) is 54.1 Å². The summed E-state index contributed by atoms with van der Waals surface area (Å²) in [6.45, 7) is 0.535. The Morgan fingerprint density at radius 1 is 1.05 bits per heavy atom. The molecule has 3 rings (SSSR count). The van der Waals surface area contributed by atoms with E-state index in [4.69, 9.17) is 11.6 Å². The number of hydrogen-bond donors (Lipinski definition) is 2. The minimum Gasteiger partial charge on any atom is -0.391 e. The number of aliphatic hydroxyl groups excluding tert-OH is 1. The van der Waals surface area contributed by atoms with Crippen molar-refractivity contribution in [3.05, 3.63) is 65.2 Å². The maximum Gasteiger partial charge on any atom is 0.0749 e. The molecule has 2 N–H and O–H groups in total. The maximum atomic E-state index is 10.1. The van der Waals surface area contributed by atoms with E-state index in [1.807, 2.05) is 47.5 Å². The minimum absolute atomic E-state index is 0.0937. The van der Waals surface area contributed by atoms with Crippen molar-refractivity contribution in [3.8, 4) is 0 Å². The molecule has 0 aromatic heterocycles. The van der Waals surface area contributed by atoms with Crippen LogP contribution in [0.3, 0.4) is 0 Å². The Balaban J connectivity index is 1.85. The van der Waals surface area contributed by atoms with Gasteiger partial charge in [0.15, 0.2) is 0 Å². The fourth-order valence-electron chi connectivity index (χ4n) is 2.59. The van der Waals surface area contributed by atoms with Gasteiger partial charge in [0.1, 0.15) is 0 Å². The smallest absolute Gasteiger partial charge is 0.0749 e. The predicted molar refractivity (Wildman–Crippen MR) is 81.7 cm³/mol. The summed E-state index contributed by atoms with van der Waals surface area (Å²) in [4.78, 5) is 0. The van der Waals surface area contributed by atoms with Gasteiger partial charge in [-0.15, -0.1) is 0 Å². The van der Waals surface area contributed by atoms with Crippen molar-refractivity contribution in [2.75, 3.05) is 11.6 Å². The second-order valence-electron chi connectivity index (χ2n) is 5.04. The molecule has 1 saturated heterocycles. The molecule has 0 bridgehead atoms. The van der Waals surface area contributed by atoms with Crippen LogP contribution in [0, 0.1) is 0 Å². The Morgan fingerprint density at radius 3 is 2.50 bits per heavy atom. The summed E-state index contributed by atoms with van der Waals surface area (Å²) in [6, 6.07) is 17.9. The highest BCUT2D eigenvalue weighted by atomic mass is 35.5. The summed E-state index contributed by atoms with van der Waals surface area (Å²) in [5.74, 6) is 0. The van der Waals surface area contributed by atoms with E-state index in [1.165, 1.54) is 5.56 Å². The predicted octanol–water partition coefficient (Wildman–Crippen LogP) is 3.16. The monoisotopic (exact) mass is 288 g/mol. The van der Waals surface area contributed by atoms with Crippen molar-refractivity contribution in [1.82, 2.24) is 5.43 Å². The normalized spacial score (nSPS) is 22.8. The first kappa shape index (κ1) is 13.4. The molecular weight excluding hydrogens is 272 g/mol. The quantitative estimate of drug-likeness (QED) is 0.891. The van der Waals surface area contributed by atoms with Gasteiger partial charge >= 0.3 is 0 Å². The second kappa shape index (κ2) is 5.83. The highest BCUT2D eigenvalue weighted by Crippen LogP contribution is 2.30. The Morgan fingerprint density at radius 2 is 1.75 bits per heavy atom. The molecule has 104 valence electrons. The molecule has 1 aliphatic rings. The van der Waals surface area contributed by atoms with Crippen molar-refractivity contribution in [2.24, 2.45) is 0 Å². The Bertz CT molecular complexity index is 576. The van der Waals surface area contributed by atoms with Gasteiger partial charge in [-0.3, -0.25) is 0 Å². The van der Waals surface area contributed by atoms with Crippen molar-refractivity contribution in [3.63, 3.8) is 0 Å². The van der Waals surface area contributed by atoms with Crippen LogP contribution in [0.25, 0.3) is 0 Å². The number of hydrazine groups is 1. The number of halogens is 1. The molecule has 1 heterocycles. The molecule has 2 aromatic carbocycles. The Hall–Kier alpha value is -1.55. The van der Waals surface area contributed by atoms with Crippen LogP contribution in [0.5, 0.6) is 0 Å². The summed E-state index contributed by atoms with van der Waals surface area (Å²) in [5.41, 5.74) is 5.51. The van der Waals surface area contributed by atoms with Gasteiger partial charge in [0, 0.05) is 0 Å². The molecular formula is C16H17ClN2O. The van der Waals surface area contributed by atoms with E-state index >= 15 is 0 Å². The van der Waals surface area contributed by atoms with Gasteiger partial charge in [-0.25, -0.2) is 5.43 Å². The van der Waals surface area contributed by atoms with Gasteiger partial charge in [0.25, 0.3) is 0 Å². The van der Waals surface area contributed by atoms with Crippen LogP contribution in [-0.2, 0) is 0 Å². The molecule has 0 amide bonds. The van der Waals surface area contributed by atoms with Crippen molar-refractivity contribution < 1.29 is 5.11 Å². The second-order valence-corrected chi connectivity index (χ2v) is 5.45. The van der Waals surface area contributed by atoms with Gasteiger partial charge < -0.3 is 10.1 Å². The van der Waals surface area contributed by atoms with Gasteiger partial charge in [-0.2, -0.15) is 0 Å². The van der Waals surface area contributed by atoms with Crippen LogP contribution < -0.4 is 10.4 Å². The summed E-state index contributed by atoms with van der Waals surface area (Å²) >= 11 is 6.24. The number of β-amino-alcohol motifs (C(OH)–C–C–N with tert-alkyl or cyclic N) is 1.